The van der Waals surface area contributed by atoms with E-state index in [1.807, 2.05) is 18.2 Å². The highest BCUT2D eigenvalue weighted by molar-refractivity contribution is 5.23. The molecular formula is C14H17N3. The Hall–Kier alpha value is -1.74. The van der Waals surface area contributed by atoms with Gasteiger partial charge >= 0.3 is 0 Å². The Kier molecular flexibility index (Phi) is 3.83. The summed E-state index contributed by atoms with van der Waals surface area (Å²) in [6, 6.07) is 10.2. The lowest BCUT2D eigenvalue weighted by Gasteiger charge is -2.22. The number of benzene rings is 1. The molecule has 2 aromatic rings. The maximum absolute atomic E-state index is 6.28. The summed E-state index contributed by atoms with van der Waals surface area (Å²) in [5, 5.41) is 0. The molecule has 0 radical (unpaired) electrons. The smallest absolute Gasteiger partial charge is 0.0760 e. The minimum absolute atomic E-state index is 0.101. The van der Waals surface area contributed by atoms with Crippen LogP contribution < -0.4 is 5.73 Å². The van der Waals surface area contributed by atoms with Crippen LogP contribution in [0.2, 0.25) is 0 Å². The Morgan fingerprint density at radius 3 is 2.53 bits per heavy atom. The zero-order chi connectivity index (χ0) is 12.1. The van der Waals surface area contributed by atoms with Crippen molar-refractivity contribution in [3.8, 4) is 0 Å². The van der Waals surface area contributed by atoms with Crippen LogP contribution in [0.25, 0.3) is 0 Å². The third-order valence-corrected chi connectivity index (χ3v) is 3.03. The fraction of sp³-hybridized carbons (Fsp3) is 0.286. The zero-order valence-corrected chi connectivity index (χ0v) is 9.95. The van der Waals surface area contributed by atoms with Crippen LogP contribution in [0, 0.1) is 0 Å². The van der Waals surface area contributed by atoms with Gasteiger partial charge in [0, 0.05) is 24.5 Å². The van der Waals surface area contributed by atoms with Crippen molar-refractivity contribution < 1.29 is 0 Å². The van der Waals surface area contributed by atoms with E-state index in [1.165, 1.54) is 5.56 Å². The van der Waals surface area contributed by atoms with Crippen molar-refractivity contribution in [1.29, 1.82) is 0 Å². The molecule has 3 nitrogen and oxygen atoms in total. The lowest BCUT2D eigenvalue weighted by atomic mass is 9.88. The molecule has 0 fully saturated rings. The summed E-state index contributed by atoms with van der Waals surface area (Å²) in [6.07, 6.45) is 6.09. The van der Waals surface area contributed by atoms with Gasteiger partial charge in [-0.1, -0.05) is 37.3 Å². The Morgan fingerprint density at radius 1 is 1.18 bits per heavy atom. The summed E-state index contributed by atoms with van der Waals surface area (Å²) in [5.41, 5.74) is 8.39. The summed E-state index contributed by atoms with van der Waals surface area (Å²) in [4.78, 5) is 8.36. The number of rotatable bonds is 4. The molecule has 0 spiro atoms. The molecule has 2 rings (SSSR count). The van der Waals surface area contributed by atoms with Gasteiger partial charge in [0.1, 0.15) is 0 Å². The number of nitrogens with two attached hydrogens (primary N) is 1. The van der Waals surface area contributed by atoms with Crippen molar-refractivity contribution in [3.63, 3.8) is 0 Å². The summed E-state index contributed by atoms with van der Waals surface area (Å²) in [7, 11) is 0. The topological polar surface area (TPSA) is 51.8 Å². The van der Waals surface area contributed by atoms with Crippen molar-refractivity contribution in [2.75, 3.05) is 0 Å². The van der Waals surface area contributed by atoms with Gasteiger partial charge in [0.25, 0.3) is 0 Å². The van der Waals surface area contributed by atoms with Gasteiger partial charge in [0.2, 0.25) is 0 Å². The summed E-state index contributed by atoms with van der Waals surface area (Å²) in [5.74, 6) is 0.285. The van der Waals surface area contributed by atoms with Gasteiger partial charge in [-0.2, -0.15) is 0 Å². The van der Waals surface area contributed by atoms with Crippen molar-refractivity contribution >= 4 is 0 Å². The zero-order valence-electron chi connectivity index (χ0n) is 9.95. The molecule has 3 heteroatoms. The van der Waals surface area contributed by atoms with E-state index >= 15 is 0 Å². The molecule has 0 aliphatic rings. The number of aromatic nitrogens is 2. The molecule has 2 N–H and O–H groups in total. The second-order valence-corrected chi connectivity index (χ2v) is 4.08. The first-order chi connectivity index (χ1) is 8.33. The fourth-order valence-corrected chi connectivity index (χ4v) is 2.09. The van der Waals surface area contributed by atoms with Crippen molar-refractivity contribution in [1.82, 2.24) is 9.97 Å². The predicted octanol–water partition coefficient (Wildman–Crippen LogP) is 2.67. The van der Waals surface area contributed by atoms with Gasteiger partial charge in [-0.25, -0.2) is 0 Å². The molecule has 2 atom stereocenters. The molecule has 2 unspecified atom stereocenters. The number of hydrogen-bond donors (Lipinski definition) is 1. The molecule has 0 saturated heterocycles. The fourth-order valence-electron chi connectivity index (χ4n) is 2.09. The average molecular weight is 227 g/mol. The van der Waals surface area contributed by atoms with Crippen LogP contribution in [0.3, 0.4) is 0 Å². The normalized spacial score (nSPS) is 14.2. The summed E-state index contributed by atoms with van der Waals surface area (Å²) >= 11 is 0. The highest BCUT2D eigenvalue weighted by Crippen LogP contribution is 2.30. The second kappa shape index (κ2) is 5.55. The SMILES string of the molecule is CCC(c1ccccc1)C(N)c1cnccn1. The summed E-state index contributed by atoms with van der Waals surface area (Å²) in [6.45, 7) is 2.15. The molecule has 1 heterocycles. The lowest BCUT2D eigenvalue weighted by Crippen LogP contribution is -2.20. The monoisotopic (exact) mass is 227 g/mol. The summed E-state index contributed by atoms with van der Waals surface area (Å²) < 4.78 is 0. The van der Waals surface area contributed by atoms with Crippen LogP contribution >= 0.6 is 0 Å². The highest BCUT2D eigenvalue weighted by atomic mass is 14.8. The Bertz CT molecular complexity index is 442. The van der Waals surface area contributed by atoms with Crippen molar-refractivity contribution in [3.05, 3.63) is 60.2 Å². The van der Waals surface area contributed by atoms with E-state index in [0.29, 0.717) is 0 Å². The minimum Gasteiger partial charge on any atom is -0.322 e. The first-order valence-electron chi connectivity index (χ1n) is 5.89. The molecule has 0 aliphatic carbocycles. The molecule has 0 amide bonds. The molecule has 0 bridgehead atoms. The first kappa shape index (κ1) is 11.7. The van der Waals surface area contributed by atoms with Crippen LogP contribution in [0.15, 0.2) is 48.9 Å². The standard InChI is InChI=1S/C14H17N3/c1-2-12(11-6-4-3-5-7-11)14(15)13-10-16-8-9-17-13/h3-10,12,14H,2,15H2,1H3. The Morgan fingerprint density at radius 2 is 1.94 bits per heavy atom. The number of nitrogens with zero attached hydrogens (tertiary/aromatic N) is 2. The van der Waals surface area contributed by atoms with E-state index in [-0.39, 0.29) is 12.0 Å². The maximum atomic E-state index is 6.28. The maximum Gasteiger partial charge on any atom is 0.0760 e. The van der Waals surface area contributed by atoms with Crippen LogP contribution in [-0.2, 0) is 0 Å². The van der Waals surface area contributed by atoms with E-state index in [4.69, 9.17) is 5.73 Å². The largest absolute Gasteiger partial charge is 0.322 e. The van der Waals surface area contributed by atoms with Crippen LogP contribution in [0.4, 0.5) is 0 Å². The first-order valence-corrected chi connectivity index (χ1v) is 5.89. The predicted molar refractivity (Wildman–Crippen MR) is 68.4 cm³/mol. The van der Waals surface area contributed by atoms with E-state index in [2.05, 4.69) is 29.0 Å². The van der Waals surface area contributed by atoms with Crippen LogP contribution in [-0.4, -0.2) is 9.97 Å². The molecule has 17 heavy (non-hydrogen) atoms. The quantitative estimate of drug-likeness (QED) is 0.873. The van der Waals surface area contributed by atoms with E-state index < -0.39 is 0 Å². The second-order valence-electron chi connectivity index (χ2n) is 4.08. The van der Waals surface area contributed by atoms with Gasteiger partial charge in [-0.05, 0) is 12.0 Å². The van der Waals surface area contributed by atoms with Crippen LogP contribution in [0.1, 0.15) is 36.6 Å². The molecule has 1 aromatic carbocycles. The van der Waals surface area contributed by atoms with Crippen molar-refractivity contribution in [2.45, 2.75) is 25.3 Å². The van der Waals surface area contributed by atoms with Crippen LogP contribution in [0.5, 0.6) is 0 Å². The van der Waals surface area contributed by atoms with E-state index in [9.17, 15) is 0 Å². The number of hydrogen-bond acceptors (Lipinski definition) is 3. The van der Waals surface area contributed by atoms with Gasteiger partial charge in [0.05, 0.1) is 11.7 Å². The molecule has 0 saturated carbocycles. The third kappa shape index (κ3) is 2.68. The molecular weight excluding hydrogens is 210 g/mol. The van der Waals surface area contributed by atoms with Gasteiger partial charge < -0.3 is 5.73 Å². The average Bonchev–Trinajstić information content (AvgIpc) is 2.42. The lowest BCUT2D eigenvalue weighted by molar-refractivity contribution is 0.526. The van der Waals surface area contributed by atoms with Gasteiger partial charge in [-0.3, -0.25) is 9.97 Å². The Labute approximate surface area is 102 Å². The van der Waals surface area contributed by atoms with E-state index in [0.717, 1.165) is 12.1 Å². The van der Waals surface area contributed by atoms with Crippen molar-refractivity contribution in [2.24, 2.45) is 5.73 Å². The Balaban J connectivity index is 2.25. The highest BCUT2D eigenvalue weighted by Gasteiger charge is 2.20. The van der Waals surface area contributed by atoms with Gasteiger partial charge in [0.15, 0.2) is 0 Å². The molecule has 0 aliphatic heterocycles. The third-order valence-electron chi connectivity index (χ3n) is 3.03. The molecule has 88 valence electrons. The molecule has 1 aromatic heterocycles. The van der Waals surface area contributed by atoms with E-state index in [1.54, 1.807) is 18.6 Å². The minimum atomic E-state index is -0.101. The van der Waals surface area contributed by atoms with Gasteiger partial charge in [-0.15, -0.1) is 0 Å².